The topological polar surface area (TPSA) is 221 Å². The smallest absolute Gasteiger partial charge is 0.408 e. The molecule has 4 saturated carbocycles. The van der Waals surface area contributed by atoms with Crippen LogP contribution in [0.2, 0.25) is 0 Å². The van der Waals surface area contributed by atoms with Crippen LogP contribution in [0.15, 0.2) is 59.0 Å². The number of aliphatic hydroxyl groups is 3. The van der Waals surface area contributed by atoms with Crippen LogP contribution in [0.25, 0.3) is 0 Å². The van der Waals surface area contributed by atoms with Gasteiger partial charge in [-0.15, -0.1) is 11.3 Å². The van der Waals surface area contributed by atoms with Gasteiger partial charge in [0.2, 0.25) is 0 Å². The number of nitrogens with one attached hydrogen (secondary N) is 1. The van der Waals surface area contributed by atoms with Gasteiger partial charge < -0.3 is 44.3 Å². The van der Waals surface area contributed by atoms with Gasteiger partial charge in [0, 0.05) is 36.0 Å². The molecular weight excluding hydrogens is 811 g/mol. The van der Waals surface area contributed by atoms with Crippen LogP contribution in [0.5, 0.6) is 0 Å². The summed E-state index contributed by atoms with van der Waals surface area (Å²) < 4.78 is 30.2. The fourth-order valence-corrected chi connectivity index (χ4v) is 11.3. The number of thiophene rings is 1. The van der Waals surface area contributed by atoms with Crippen molar-refractivity contribution < 1.29 is 67.8 Å². The molecule has 16 heteroatoms. The summed E-state index contributed by atoms with van der Waals surface area (Å²) in [5, 5.41) is 41.8. The molecule has 4 N–H and O–H groups in total. The average molecular weight is 866 g/mol. The number of aliphatic hydroxyl groups excluding tert-OH is 2. The van der Waals surface area contributed by atoms with Gasteiger partial charge in [0.15, 0.2) is 18.0 Å². The minimum Gasteiger partial charge on any atom is -0.458 e. The Labute approximate surface area is 358 Å². The van der Waals surface area contributed by atoms with E-state index in [1.54, 1.807) is 63.4 Å². The van der Waals surface area contributed by atoms with Crippen LogP contribution in [0.4, 0.5) is 4.79 Å². The van der Waals surface area contributed by atoms with Gasteiger partial charge in [-0.2, -0.15) is 0 Å². The van der Waals surface area contributed by atoms with Crippen LogP contribution >= 0.6 is 11.3 Å². The Balaban J connectivity index is 1.38. The highest BCUT2D eigenvalue weighted by molar-refractivity contribution is 7.10. The minimum atomic E-state index is -2.33. The van der Waals surface area contributed by atoms with E-state index in [0.29, 0.717) is 24.1 Å². The van der Waals surface area contributed by atoms with Gasteiger partial charge in [-0.1, -0.05) is 45.0 Å². The lowest BCUT2D eigenvalue weighted by molar-refractivity contribution is -0.296. The maximum Gasteiger partial charge on any atom is 0.408 e. The van der Waals surface area contributed by atoms with Crippen LogP contribution in [0.3, 0.4) is 0 Å². The van der Waals surface area contributed by atoms with Gasteiger partial charge in [-0.05, 0) is 87.1 Å². The number of Topliss-reactive ketones (excluding diaryl/α,β-unsaturated/α-hetero) is 1. The molecule has 15 nitrogen and oxygen atoms in total. The first-order chi connectivity index (χ1) is 28.8. The van der Waals surface area contributed by atoms with E-state index in [0.717, 1.165) is 6.42 Å². The number of ketones is 1. The summed E-state index contributed by atoms with van der Waals surface area (Å²) in [5.74, 6) is -6.28. The number of fused-ring (bicyclic) bond motifs is 5. The fraction of sp³-hybridized carbons (Fsp3) is 0.600. The second-order valence-electron chi connectivity index (χ2n) is 17.9. The Morgan fingerprint density at radius 1 is 0.967 bits per heavy atom. The van der Waals surface area contributed by atoms with E-state index in [1.807, 2.05) is 0 Å². The van der Waals surface area contributed by atoms with E-state index in [4.69, 9.17) is 23.7 Å². The zero-order chi connectivity index (χ0) is 44.2. The Morgan fingerprint density at radius 2 is 1.67 bits per heavy atom. The third-order valence-corrected chi connectivity index (χ3v) is 15.2. The SMILES string of the molecule is CCC(=O)OC1C(=O)[C@]2(C)C(O)C[C@H]3CC[C@@]3(OC(C)=O)C2[C@H](OC(=O)c2ccccc2)[C@]2(O)C[C@H](OC(=O)[C@H](O)[C@@H](NC(=O)OC3CCC3)c3cccs3)C(C)=C1C2(C)C. The van der Waals surface area contributed by atoms with E-state index in [-0.39, 0.29) is 42.1 Å². The lowest BCUT2D eigenvalue weighted by atomic mass is 9.41. The van der Waals surface area contributed by atoms with Crippen molar-refractivity contribution in [3.63, 3.8) is 0 Å². The zero-order valence-corrected chi connectivity index (χ0v) is 36.0. The first-order valence-electron chi connectivity index (χ1n) is 21.0. The molecule has 5 aliphatic rings. The number of ether oxygens (including phenoxy) is 5. The Kier molecular flexibility index (Phi) is 12.1. The molecule has 0 radical (unpaired) electrons. The summed E-state index contributed by atoms with van der Waals surface area (Å²) >= 11 is 1.18. The predicted octanol–water partition coefficient (Wildman–Crippen LogP) is 5.05. The van der Waals surface area contributed by atoms with Crippen LogP contribution in [0, 0.1) is 22.7 Å². The zero-order valence-electron chi connectivity index (χ0n) is 35.2. The number of hydrogen-bond donors (Lipinski definition) is 4. The summed E-state index contributed by atoms with van der Waals surface area (Å²) in [6, 6.07) is 9.97. The van der Waals surface area contributed by atoms with Crippen LogP contribution in [-0.4, -0.2) is 98.9 Å². The summed E-state index contributed by atoms with van der Waals surface area (Å²) in [5.41, 5.74) is -7.09. The largest absolute Gasteiger partial charge is 0.458 e. The van der Waals surface area contributed by atoms with Crippen molar-refractivity contribution >= 4 is 47.1 Å². The fourth-order valence-electron chi connectivity index (χ4n) is 10.5. The van der Waals surface area contributed by atoms with Crippen molar-refractivity contribution in [2.24, 2.45) is 22.7 Å². The number of carbonyl (C=O) groups is 6. The second-order valence-corrected chi connectivity index (χ2v) is 18.9. The Morgan fingerprint density at radius 3 is 2.25 bits per heavy atom. The highest BCUT2D eigenvalue weighted by Gasteiger charge is 2.77. The van der Waals surface area contributed by atoms with Crippen molar-refractivity contribution in [1.29, 1.82) is 0 Å². The molecular formula is C45H55NO14S. The quantitative estimate of drug-likeness (QED) is 0.132. The van der Waals surface area contributed by atoms with Gasteiger partial charge in [0.25, 0.3) is 0 Å². The molecule has 3 unspecified atom stereocenters. The molecule has 11 atom stereocenters. The predicted molar refractivity (Wildman–Crippen MR) is 217 cm³/mol. The monoisotopic (exact) mass is 865 g/mol. The molecule has 0 aliphatic heterocycles. The normalized spacial score (nSPS) is 33.7. The number of esters is 4. The maximum absolute atomic E-state index is 15.6. The third-order valence-electron chi connectivity index (χ3n) is 14.3. The molecule has 0 saturated heterocycles. The molecule has 1 aromatic carbocycles. The summed E-state index contributed by atoms with van der Waals surface area (Å²) in [6.45, 7) is 8.98. The number of hydrogen-bond acceptors (Lipinski definition) is 15. The van der Waals surface area contributed by atoms with Crippen LogP contribution in [-0.2, 0) is 42.9 Å². The summed E-state index contributed by atoms with van der Waals surface area (Å²) in [7, 11) is 0. The highest BCUT2D eigenvalue weighted by Crippen LogP contribution is 2.67. The van der Waals surface area contributed by atoms with E-state index < -0.39 is 113 Å². The van der Waals surface area contributed by atoms with Gasteiger partial charge in [-0.25, -0.2) is 14.4 Å². The third kappa shape index (κ3) is 7.46. The molecule has 5 aliphatic carbocycles. The van der Waals surface area contributed by atoms with Crippen molar-refractivity contribution in [3.05, 3.63) is 69.4 Å². The highest BCUT2D eigenvalue weighted by atomic mass is 32.1. The average Bonchev–Trinajstić information content (AvgIpc) is 3.74. The molecule has 2 bridgehead atoms. The van der Waals surface area contributed by atoms with Gasteiger partial charge in [0.05, 0.1) is 23.0 Å². The number of alkyl carbamates (subject to hydrolysis) is 1. The molecule has 0 spiro atoms. The summed E-state index contributed by atoms with van der Waals surface area (Å²) in [4.78, 5) is 83.9. The standard InChI is InChI=1S/C45H55NO14S/c1-7-31(49)58-35-32-23(2)28(57-40(53)34(50)33(29-17-12-20-61-29)46-41(54)56-27-15-11-16-27)22-45(55,42(32,4)5)38(59-39(52)25-13-9-8-10-14-25)36-43(6,37(35)51)30(48)21-26-18-19-44(26,36)60-24(3)47/h8-10,12-14,17,20,26-28,30,33-36,38,48,50,55H,7,11,15-16,18-19,21-22H2,1-6H3,(H,46,54)/t26-,28+,30?,33+,34-,35?,36?,38+,43-,44+,45-/m1/s1. The van der Waals surface area contributed by atoms with Crippen molar-refractivity contribution in [1.82, 2.24) is 5.32 Å². The molecule has 61 heavy (non-hydrogen) atoms. The van der Waals surface area contributed by atoms with E-state index >= 15 is 4.79 Å². The number of amides is 1. The number of benzene rings is 1. The van der Waals surface area contributed by atoms with Crippen molar-refractivity contribution in [3.8, 4) is 0 Å². The second kappa shape index (κ2) is 16.6. The maximum atomic E-state index is 15.6. The van der Waals surface area contributed by atoms with E-state index in [2.05, 4.69) is 5.32 Å². The van der Waals surface area contributed by atoms with Crippen molar-refractivity contribution in [2.75, 3.05) is 0 Å². The molecule has 1 aromatic heterocycles. The molecule has 7 rings (SSSR count). The molecule has 4 fully saturated rings. The number of carbonyl (C=O) groups excluding carboxylic acids is 6. The molecule has 330 valence electrons. The lowest BCUT2D eigenvalue weighted by Crippen LogP contribution is -2.78. The van der Waals surface area contributed by atoms with E-state index in [1.165, 1.54) is 37.3 Å². The first kappa shape index (κ1) is 44.4. The molecule has 1 amide bonds. The van der Waals surface area contributed by atoms with Crippen molar-refractivity contribution in [2.45, 2.75) is 147 Å². The first-order valence-corrected chi connectivity index (χ1v) is 21.9. The van der Waals surface area contributed by atoms with Gasteiger partial charge >= 0.3 is 30.0 Å². The van der Waals surface area contributed by atoms with Crippen LogP contribution < -0.4 is 5.32 Å². The van der Waals surface area contributed by atoms with Gasteiger partial charge in [-0.3, -0.25) is 14.4 Å². The van der Waals surface area contributed by atoms with Crippen LogP contribution in [0.1, 0.15) is 114 Å². The Bertz CT molecular complexity index is 2080. The number of rotatable bonds is 11. The molecule has 1 heterocycles. The summed E-state index contributed by atoms with van der Waals surface area (Å²) in [6.07, 6.45) is -7.16. The Hall–Kier alpha value is -4.64. The minimum absolute atomic E-state index is 0.0193. The van der Waals surface area contributed by atoms with Gasteiger partial charge in [0.1, 0.15) is 35.6 Å². The lowest BCUT2D eigenvalue weighted by Gasteiger charge is -2.68. The molecule has 2 aromatic rings. The van der Waals surface area contributed by atoms with E-state index in [9.17, 15) is 39.3 Å².